The number of aliphatic hydroxyl groups excluding tert-OH is 2. The number of nitrogens with one attached hydrogen (secondary N) is 1. The Hall–Kier alpha value is -1.89. The molecule has 2 unspecified atom stereocenters. The maximum atomic E-state index is 13.4. The normalized spacial score (nSPS) is 45.2. The van der Waals surface area contributed by atoms with Crippen molar-refractivity contribution in [1.82, 2.24) is 4.90 Å². The molecule has 144 valence electrons. The maximum Gasteiger partial charge on any atom is 0.315 e. The summed E-state index contributed by atoms with van der Waals surface area (Å²) in [6.45, 7) is 3.10. The highest BCUT2D eigenvalue weighted by Gasteiger charge is 2.82. The topological polar surface area (TPSA) is 82.0 Å². The Morgan fingerprint density at radius 2 is 2.22 bits per heavy atom. The zero-order valence-corrected chi connectivity index (χ0v) is 15.7. The zero-order chi connectivity index (χ0) is 19.0. The van der Waals surface area contributed by atoms with Crippen molar-refractivity contribution in [3.05, 3.63) is 41.5 Å². The fraction of sp³-hybridized carbons (Fsp3) is 0.571. The van der Waals surface area contributed by atoms with Gasteiger partial charge in [0.2, 0.25) is 0 Å². The summed E-state index contributed by atoms with van der Waals surface area (Å²) in [5.41, 5.74) is 0.354. The largest absolute Gasteiger partial charge is 0.468 e. The van der Waals surface area contributed by atoms with Crippen LogP contribution in [0.15, 0.2) is 35.9 Å². The van der Waals surface area contributed by atoms with Gasteiger partial charge in [0.15, 0.2) is 0 Å². The second kappa shape index (κ2) is 5.34. The molecule has 4 bridgehead atoms. The van der Waals surface area contributed by atoms with E-state index >= 15 is 0 Å². The number of esters is 1. The average Bonchev–Trinajstić information content (AvgIpc) is 3.11. The van der Waals surface area contributed by atoms with Crippen LogP contribution in [0.3, 0.4) is 0 Å². The van der Waals surface area contributed by atoms with E-state index < -0.39 is 22.6 Å². The molecule has 27 heavy (non-hydrogen) atoms. The van der Waals surface area contributed by atoms with Crippen molar-refractivity contribution in [3.8, 4) is 0 Å². The highest BCUT2D eigenvalue weighted by atomic mass is 16.5. The van der Waals surface area contributed by atoms with Gasteiger partial charge >= 0.3 is 5.97 Å². The van der Waals surface area contributed by atoms with E-state index in [0.717, 1.165) is 23.4 Å². The lowest BCUT2D eigenvalue weighted by Crippen LogP contribution is -2.75. The number of carbonyl (C=O) groups is 1. The second-order valence-corrected chi connectivity index (χ2v) is 8.30. The van der Waals surface area contributed by atoms with Crippen molar-refractivity contribution in [2.75, 3.05) is 32.1 Å². The number of ether oxygens (including phenoxy) is 1. The van der Waals surface area contributed by atoms with Gasteiger partial charge in [-0.25, -0.2) is 0 Å². The zero-order valence-electron chi connectivity index (χ0n) is 15.7. The van der Waals surface area contributed by atoms with Crippen molar-refractivity contribution < 1.29 is 19.7 Å². The first-order chi connectivity index (χ1) is 13.0. The van der Waals surface area contributed by atoms with Crippen LogP contribution < -0.4 is 5.32 Å². The third kappa shape index (κ3) is 1.55. The number of rotatable bonds is 2. The number of methoxy groups -OCH3 is 1. The van der Waals surface area contributed by atoms with E-state index in [1.165, 1.54) is 7.11 Å². The lowest BCUT2D eigenvalue weighted by atomic mass is 9.45. The van der Waals surface area contributed by atoms with Gasteiger partial charge in [-0.15, -0.1) is 0 Å². The molecule has 4 aliphatic heterocycles. The number of hydrogen-bond donors (Lipinski definition) is 3. The third-order valence-electron chi connectivity index (χ3n) is 7.91. The van der Waals surface area contributed by atoms with Crippen LogP contribution in [0.4, 0.5) is 5.69 Å². The van der Waals surface area contributed by atoms with E-state index in [-0.39, 0.29) is 18.5 Å². The van der Waals surface area contributed by atoms with Gasteiger partial charge in [0.05, 0.1) is 25.2 Å². The van der Waals surface area contributed by atoms with E-state index in [2.05, 4.69) is 10.2 Å². The van der Waals surface area contributed by atoms with Crippen molar-refractivity contribution in [3.63, 3.8) is 0 Å². The average molecular weight is 370 g/mol. The van der Waals surface area contributed by atoms with E-state index in [4.69, 9.17) is 4.74 Å². The van der Waals surface area contributed by atoms with Gasteiger partial charge in [0.1, 0.15) is 11.1 Å². The molecule has 0 radical (unpaired) electrons. The summed E-state index contributed by atoms with van der Waals surface area (Å²) in [6.07, 6.45) is 2.51. The minimum Gasteiger partial charge on any atom is -0.468 e. The SMILES string of the molecule is CC=C1CN2CC[C@@]34c5ccccc5N[C@@]23[C@@H](O)C[C@@H]1C4(CO)C(=O)OC. The molecule has 1 spiro atoms. The van der Waals surface area contributed by atoms with E-state index in [1.807, 2.05) is 37.3 Å². The number of para-hydroxylation sites is 1. The van der Waals surface area contributed by atoms with Gasteiger partial charge in [-0.05, 0) is 31.4 Å². The predicted octanol–water partition coefficient (Wildman–Crippen LogP) is 1.24. The first-order valence-electron chi connectivity index (χ1n) is 9.68. The summed E-state index contributed by atoms with van der Waals surface area (Å²) in [6, 6.07) is 7.97. The first-order valence-corrected chi connectivity index (χ1v) is 9.68. The molecule has 5 aliphatic rings. The van der Waals surface area contributed by atoms with Crippen LogP contribution in [0.25, 0.3) is 0 Å². The van der Waals surface area contributed by atoms with Crippen LogP contribution in [0.1, 0.15) is 25.3 Å². The number of anilines is 1. The molecule has 1 saturated carbocycles. The second-order valence-electron chi connectivity index (χ2n) is 8.30. The van der Waals surface area contributed by atoms with Gasteiger partial charge in [-0.1, -0.05) is 29.8 Å². The van der Waals surface area contributed by atoms with Crippen molar-refractivity contribution in [2.45, 2.75) is 36.9 Å². The van der Waals surface area contributed by atoms with E-state index in [9.17, 15) is 15.0 Å². The van der Waals surface area contributed by atoms with Gasteiger partial charge in [0.25, 0.3) is 0 Å². The van der Waals surface area contributed by atoms with Gasteiger partial charge in [0, 0.05) is 24.7 Å². The lowest BCUT2D eigenvalue weighted by molar-refractivity contribution is -0.184. The summed E-state index contributed by atoms with van der Waals surface area (Å²) in [5.74, 6) is -0.644. The quantitative estimate of drug-likeness (QED) is 0.537. The Balaban J connectivity index is 1.93. The molecule has 6 atom stereocenters. The fourth-order valence-corrected chi connectivity index (χ4v) is 7.01. The number of allylic oxidation sites excluding steroid dienone is 1. The van der Waals surface area contributed by atoms with Crippen molar-refractivity contribution >= 4 is 11.7 Å². The molecule has 4 heterocycles. The predicted molar refractivity (Wildman–Crippen MR) is 100 cm³/mol. The number of aliphatic hydroxyl groups is 2. The highest BCUT2D eigenvalue weighted by molar-refractivity contribution is 5.85. The number of hydrogen-bond acceptors (Lipinski definition) is 6. The summed E-state index contributed by atoms with van der Waals surface area (Å²) < 4.78 is 5.33. The molecule has 6 nitrogen and oxygen atoms in total. The van der Waals surface area contributed by atoms with E-state index in [0.29, 0.717) is 19.4 Å². The smallest absolute Gasteiger partial charge is 0.315 e. The molecule has 6 rings (SSSR count). The van der Waals surface area contributed by atoms with Crippen LogP contribution in [-0.4, -0.2) is 59.7 Å². The Morgan fingerprint density at radius 3 is 2.93 bits per heavy atom. The minimum absolute atomic E-state index is 0.263. The van der Waals surface area contributed by atoms with Crippen LogP contribution in [0, 0.1) is 11.3 Å². The fourth-order valence-electron chi connectivity index (χ4n) is 7.01. The monoisotopic (exact) mass is 370 g/mol. The van der Waals surface area contributed by atoms with Crippen LogP contribution in [-0.2, 0) is 14.9 Å². The maximum absolute atomic E-state index is 13.4. The molecule has 1 aromatic rings. The molecule has 1 aromatic carbocycles. The molecule has 3 saturated heterocycles. The summed E-state index contributed by atoms with van der Waals surface area (Å²) in [4.78, 5) is 15.7. The van der Waals surface area contributed by atoms with Gasteiger partial charge in [-0.2, -0.15) is 0 Å². The number of fused-ring (bicyclic) bond motifs is 3. The van der Waals surface area contributed by atoms with Gasteiger partial charge < -0.3 is 20.3 Å². The van der Waals surface area contributed by atoms with Gasteiger partial charge in [-0.3, -0.25) is 9.69 Å². The van der Waals surface area contributed by atoms with Crippen molar-refractivity contribution in [1.29, 1.82) is 0 Å². The summed E-state index contributed by atoms with van der Waals surface area (Å²) in [5, 5.41) is 25.9. The Kier molecular flexibility index (Phi) is 3.41. The number of carbonyl (C=O) groups excluding carboxylic acids is 1. The standard InChI is InChI=1S/C21H26N2O4/c1-3-13-11-23-9-8-20-14-6-4-5-7-16(14)22-21(20,23)17(25)10-15(13)19(20,12-24)18(26)27-2/h3-7,15,17,22,24-25H,8-12H2,1-2H3/t15-,17-,19?,20-,21-/m0/s1. The molecule has 1 aliphatic carbocycles. The molecular weight excluding hydrogens is 344 g/mol. The molecule has 3 N–H and O–H groups in total. The van der Waals surface area contributed by atoms with Crippen LogP contribution in [0.2, 0.25) is 0 Å². The summed E-state index contributed by atoms with van der Waals surface area (Å²) in [7, 11) is 1.40. The number of nitrogens with zero attached hydrogens (tertiary/aromatic N) is 1. The lowest BCUT2D eigenvalue weighted by Gasteiger charge is -2.59. The first kappa shape index (κ1) is 17.2. The Morgan fingerprint density at radius 1 is 1.44 bits per heavy atom. The molecule has 0 amide bonds. The Bertz CT molecular complexity index is 854. The number of benzene rings is 1. The molecular formula is C21H26N2O4. The third-order valence-corrected chi connectivity index (χ3v) is 7.91. The van der Waals surface area contributed by atoms with Crippen LogP contribution >= 0.6 is 0 Å². The van der Waals surface area contributed by atoms with E-state index in [1.54, 1.807) is 0 Å². The highest BCUT2D eigenvalue weighted by Crippen LogP contribution is 2.72. The summed E-state index contributed by atoms with van der Waals surface area (Å²) >= 11 is 0. The molecule has 0 aromatic heterocycles. The minimum atomic E-state index is -1.13. The van der Waals surface area contributed by atoms with Crippen molar-refractivity contribution in [2.24, 2.45) is 11.3 Å². The molecule has 6 heteroatoms. The molecule has 4 fully saturated rings. The van der Waals surface area contributed by atoms with Crippen LogP contribution in [0.5, 0.6) is 0 Å². The Labute approximate surface area is 158 Å².